The topological polar surface area (TPSA) is 76.2 Å². The predicted octanol–water partition coefficient (Wildman–Crippen LogP) is 2.77. The van der Waals surface area contributed by atoms with Crippen molar-refractivity contribution in [1.82, 2.24) is 4.90 Å². The minimum Gasteiger partial charge on any atom is -0.495 e. The van der Waals surface area contributed by atoms with E-state index in [1.54, 1.807) is 41.3 Å². The SMILES string of the molecule is COc1ccccc1N(C)S(=O)(=O)c1ccc(C(=O)N2C[C@H](C)O[C@@H](C)C2)cc1. The Labute approximate surface area is 171 Å². The van der Waals surface area contributed by atoms with Crippen molar-refractivity contribution in [2.75, 3.05) is 31.6 Å². The summed E-state index contributed by atoms with van der Waals surface area (Å²) in [6, 6.07) is 12.9. The van der Waals surface area contributed by atoms with E-state index in [4.69, 9.17) is 9.47 Å². The molecular formula is C21H26N2O5S. The average Bonchev–Trinajstić information content (AvgIpc) is 2.72. The lowest BCUT2D eigenvalue weighted by molar-refractivity contribution is -0.0586. The normalized spacial score (nSPS) is 19.7. The highest BCUT2D eigenvalue weighted by Crippen LogP contribution is 2.31. The molecule has 0 spiro atoms. The number of ether oxygens (including phenoxy) is 2. The van der Waals surface area contributed by atoms with Gasteiger partial charge in [-0.15, -0.1) is 0 Å². The smallest absolute Gasteiger partial charge is 0.264 e. The van der Waals surface area contributed by atoms with Gasteiger partial charge in [0.05, 0.1) is 29.9 Å². The van der Waals surface area contributed by atoms with Gasteiger partial charge >= 0.3 is 0 Å². The number of morpholine rings is 1. The van der Waals surface area contributed by atoms with Gasteiger partial charge in [-0.05, 0) is 50.2 Å². The first-order valence-electron chi connectivity index (χ1n) is 9.40. The maximum Gasteiger partial charge on any atom is 0.264 e. The molecule has 0 bridgehead atoms. The van der Waals surface area contributed by atoms with E-state index in [1.165, 1.54) is 30.6 Å². The zero-order chi connectivity index (χ0) is 21.2. The molecule has 0 unspecified atom stereocenters. The van der Waals surface area contributed by atoms with Gasteiger partial charge in [-0.1, -0.05) is 12.1 Å². The third kappa shape index (κ3) is 4.38. The monoisotopic (exact) mass is 418 g/mol. The van der Waals surface area contributed by atoms with Gasteiger partial charge in [-0.3, -0.25) is 9.10 Å². The minimum absolute atomic E-state index is 0.0307. The van der Waals surface area contributed by atoms with Crippen LogP contribution in [0.25, 0.3) is 0 Å². The van der Waals surface area contributed by atoms with Gasteiger partial charge in [0, 0.05) is 25.7 Å². The maximum atomic E-state index is 13.0. The molecule has 1 saturated heterocycles. The van der Waals surface area contributed by atoms with Crippen LogP contribution >= 0.6 is 0 Å². The number of para-hydroxylation sites is 2. The number of methoxy groups -OCH3 is 1. The van der Waals surface area contributed by atoms with E-state index in [2.05, 4.69) is 0 Å². The fourth-order valence-corrected chi connectivity index (χ4v) is 4.68. The molecule has 1 amide bonds. The lowest BCUT2D eigenvalue weighted by atomic mass is 10.1. The van der Waals surface area contributed by atoms with Crippen molar-refractivity contribution in [2.45, 2.75) is 31.0 Å². The number of sulfonamides is 1. The number of nitrogens with zero attached hydrogens (tertiary/aromatic N) is 2. The van der Waals surface area contributed by atoms with Crippen LogP contribution in [0.4, 0.5) is 5.69 Å². The lowest BCUT2D eigenvalue weighted by Crippen LogP contribution is -2.48. The lowest BCUT2D eigenvalue weighted by Gasteiger charge is -2.35. The average molecular weight is 419 g/mol. The van der Waals surface area contributed by atoms with Crippen LogP contribution in [0.3, 0.4) is 0 Å². The Hall–Kier alpha value is -2.58. The number of carbonyl (C=O) groups is 1. The summed E-state index contributed by atoms with van der Waals surface area (Å²) in [5, 5.41) is 0. The molecule has 2 aromatic carbocycles. The van der Waals surface area contributed by atoms with Gasteiger partial charge < -0.3 is 14.4 Å². The Bertz CT molecular complexity index is 965. The van der Waals surface area contributed by atoms with Gasteiger partial charge in [-0.25, -0.2) is 8.42 Å². The molecule has 1 fully saturated rings. The summed E-state index contributed by atoms with van der Waals surface area (Å²) in [4.78, 5) is 14.6. The van der Waals surface area contributed by atoms with Crippen LogP contribution in [-0.4, -0.2) is 58.7 Å². The number of carbonyl (C=O) groups excluding carboxylic acids is 1. The number of hydrogen-bond acceptors (Lipinski definition) is 5. The molecule has 0 saturated carbocycles. The minimum atomic E-state index is -3.80. The Balaban J connectivity index is 1.82. The molecule has 3 rings (SSSR count). The van der Waals surface area contributed by atoms with Crippen LogP contribution in [-0.2, 0) is 14.8 Å². The summed E-state index contributed by atoms with van der Waals surface area (Å²) in [6.07, 6.45) is -0.0614. The van der Waals surface area contributed by atoms with Gasteiger partial charge in [0.25, 0.3) is 15.9 Å². The third-order valence-electron chi connectivity index (χ3n) is 4.89. The van der Waals surface area contributed by atoms with Crippen molar-refractivity contribution < 1.29 is 22.7 Å². The second-order valence-electron chi connectivity index (χ2n) is 7.14. The molecule has 29 heavy (non-hydrogen) atoms. The Kier molecular flexibility index (Phi) is 6.14. The van der Waals surface area contributed by atoms with E-state index in [-0.39, 0.29) is 23.0 Å². The molecule has 7 nitrogen and oxygen atoms in total. The molecule has 1 aliphatic rings. The Morgan fingerprint density at radius 2 is 1.66 bits per heavy atom. The van der Waals surface area contributed by atoms with E-state index >= 15 is 0 Å². The zero-order valence-corrected chi connectivity index (χ0v) is 17.8. The van der Waals surface area contributed by atoms with Crippen LogP contribution in [0.2, 0.25) is 0 Å². The molecule has 156 valence electrons. The summed E-state index contributed by atoms with van der Waals surface area (Å²) in [7, 11) is -0.833. The molecule has 0 aromatic heterocycles. The van der Waals surface area contributed by atoms with Crippen molar-refractivity contribution in [3.63, 3.8) is 0 Å². The molecule has 0 aliphatic carbocycles. The summed E-state index contributed by atoms with van der Waals surface area (Å²) < 4.78 is 38.2. The first kappa shape index (κ1) is 21.1. The first-order valence-corrected chi connectivity index (χ1v) is 10.8. The molecule has 2 aromatic rings. The van der Waals surface area contributed by atoms with Crippen molar-refractivity contribution in [3.05, 3.63) is 54.1 Å². The maximum absolute atomic E-state index is 13.0. The number of benzene rings is 2. The quantitative estimate of drug-likeness (QED) is 0.746. The fraction of sp³-hybridized carbons (Fsp3) is 0.381. The highest BCUT2D eigenvalue weighted by atomic mass is 32.2. The summed E-state index contributed by atoms with van der Waals surface area (Å²) in [6.45, 7) is 4.89. The van der Waals surface area contributed by atoms with Crippen molar-refractivity contribution in [2.24, 2.45) is 0 Å². The van der Waals surface area contributed by atoms with E-state index in [0.717, 1.165) is 0 Å². The van der Waals surface area contributed by atoms with Gasteiger partial charge in [0.15, 0.2) is 0 Å². The van der Waals surface area contributed by atoms with Crippen LogP contribution in [0.1, 0.15) is 24.2 Å². The van der Waals surface area contributed by atoms with Crippen molar-refractivity contribution in [3.8, 4) is 5.75 Å². The predicted molar refractivity (Wildman–Crippen MR) is 111 cm³/mol. The number of anilines is 1. The largest absolute Gasteiger partial charge is 0.495 e. The summed E-state index contributed by atoms with van der Waals surface area (Å²) in [5.74, 6) is 0.329. The van der Waals surface area contributed by atoms with Gasteiger partial charge in [0.2, 0.25) is 0 Å². The van der Waals surface area contributed by atoms with Crippen molar-refractivity contribution in [1.29, 1.82) is 0 Å². The second kappa shape index (κ2) is 8.42. The Morgan fingerprint density at radius 1 is 1.07 bits per heavy atom. The fourth-order valence-electron chi connectivity index (χ4n) is 3.47. The van der Waals surface area contributed by atoms with Crippen LogP contribution in [0, 0.1) is 0 Å². The first-order chi connectivity index (χ1) is 13.7. The highest BCUT2D eigenvalue weighted by molar-refractivity contribution is 7.92. The number of rotatable bonds is 5. The van der Waals surface area contributed by atoms with Gasteiger partial charge in [0.1, 0.15) is 5.75 Å². The second-order valence-corrected chi connectivity index (χ2v) is 9.11. The van der Waals surface area contributed by atoms with E-state index in [9.17, 15) is 13.2 Å². The van der Waals surface area contributed by atoms with Crippen LogP contribution < -0.4 is 9.04 Å². The number of hydrogen-bond donors (Lipinski definition) is 0. The number of amides is 1. The standard InChI is InChI=1S/C21H26N2O5S/c1-15-13-23(14-16(2)28-15)21(24)17-9-11-18(12-10-17)29(25,26)22(3)19-7-5-6-8-20(19)27-4/h5-12,15-16H,13-14H2,1-4H3/t15-,16-/m0/s1. The van der Waals surface area contributed by atoms with Crippen LogP contribution in [0.15, 0.2) is 53.4 Å². The van der Waals surface area contributed by atoms with Gasteiger partial charge in [-0.2, -0.15) is 0 Å². The molecule has 1 aliphatic heterocycles. The molecule has 1 heterocycles. The molecular weight excluding hydrogens is 392 g/mol. The van der Waals surface area contributed by atoms with E-state index in [0.29, 0.717) is 30.1 Å². The molecule has 2 atom stereocenters. The van der Waals surface area contributed by atoms with Crippen molar-refractivity contribution >= 4 is 21.6 Å². The summed E-state index contributed by atoms with van der Waals surface area (Å²) in [5.41, 5.74) is 0.886. The summed E-state index contributed by atoms with van der Waals surface area (Å²) >= 11 is 0. The van der Waals surface area contributed by atoms with E-state index < -0.39 is 10.0 Å². The molecule has 8 heteroatoms. The highest BCUT2D eigenvalue weighted by Gasteiger charge is 2.28. The zero-order valence-electron chi connectivity index (χ0n) is 17.0. The Morgan fingerprint density at radius 3 is 2.24 bits per heavy atom. The van der Waals surface area contributed by atoms with E-state index in [1.807, 2.05) is 13.8 Å². The molecule has 0 radical (unpaired) electrons. The van der Waals surface area contributed by atoms with Crippen LogP contribution in [0.5, 0.6) is 5.75 Å². The third-order valence-corrected chi connectivity index (χ3v) is 6.68. The molecule has 0 N–H and O–H groups in total.